The minimum absolute atomic E-state index is 0.0132. The average Bonchev–Trinajstić information content (AvgIpc) is 3.31. The minimum atomic E-state index is -1.58. The Morgan fingerprint density at radius 2 is 1.51 bits per heavy atom. The van der Waals surface area contributed by atoms with Crippen LogP contribution in [0.3, 0.4) is 0 Å². The Morgan fingerprint density at radius 1 is 0.943 bits per heavy atom. The van der Waals surface area contributed by atoms with E-state index in [1.165, 1.54) is 19.4 Å². The number of nitrogens with zero attached hydrogens (tertiary/aromatic N) is 1. The lowest BCUT2D eigenvalue weighted by Gasteiger charge is -2.24. The first-order valence-corrected chi connectivity index (χ1v) is 10.8. The van der Waals surface area contributed by atoms with E-state index in [1.807, 2.05) is 0 Å². The van der Waals surface area contributed by atoms with Gasteiger partial charge in [-0.1, -0.05) is 30.3 Å². The van der Waals surface area contributed by atoms with Gasteiger partial charge in [0.15, 0.2) is 0 Å². The molecule has 188 valence electrons. The fourth-order valence-electron chi connectivity index (χ4n) is 3.13. The summed E-state index contributed by atoms with van der Waals surface area (Å²) in [4.78, 5) is 67.7. The monoisotopic (exact) mass is 487 g/mol. The number of carboxylic acids is 1. The second-order valence-corrected chi connectivity index (χ2v) is 7.95. The highest BCUT2D eigenvalue weighted by Gasteiger charge is 2.31. The average molecular weight is 488 g/mol. The zero-order valence-electron chi connectivity index (χ0n) is 19.1. The summed E-state index contributed by atoms with van der Waals surface area (Å²) in [7, 11) is 0. The van der Waals surface area contributed by atoms with Crippen molar-refractivity contribution in [3.8, 4) is 0 Å². The number of hydrogen-bond donors (Lipinski definition) is 7. The molecule has 35 heavy (non-hydrogen) atoms. The highest BCUT2D eigenvalue weighted by atomic mass is 16.4. The molecule has 1 aromatic heterocycles. The predicted octanol–water partition coefficient (Wildman–Crippen LogP) is -2.04. The number of aromatic amines is 1. The van der Waals surface area contributed by atoms with E-state index in [0.29, 0.717) is 11.3 Å². The second-order valence-electron chi connectivity index (χ2n) is 7.95. The van der Waals surface area contributed by atoms with E-state index in [1.54, 1.807) is 30.3 Å². The summed E-state index contributed by atoms with van der Waals surface area (Å²) >= 11 is 0. The summed E-state index contributed by atoms with van der Waals surface area (Å²) in [5, 5.41) is 16.7. The zero-order valence-corrected chi connectivity index (χ0v) is 19.1. The lowest BCUT2D eigenvalue weighted by molar-refractivity contribution is -0.143. The van der Waals surface area contributed by atoms with Gasteiger partial charge >= 0.3 is 5.97 Å². The summed E-state index contributed by atoms with van der Waals surface area (Å²) in [6.45, 7) is 1.46. The van der Waals surface area contributed by atoms with Crippen LogP contribution in [0, 0.1) is 0 Å². The number of carboxylic acid groups (broad SMARTS) is 1. The first kappa shape index (κ1) is 27.0. The molecule has 4 amide bonds. The molecular formula is C22H29N7O6. The first-order chi connectivity index (χ1) is 16.6. The van der Waals surface area contributed by atoms with Crippen LogP contribution >= 0.6 is 0 Å². The normalized spacial score (nSPS) is 14.1. The molecule has 0 aliphatic heterocycles. The van der Waals surface area contributed by atoms with Crippen molar-refractivity contribution in [1.29, 1.82) is 0 Å². The van der Waals surface area contributed by atoms with Crippen LogP contribution in [0.25, 0.3) is 0 Å². The van der Waals surface area contributed by atoms with Crippen LogP contribution in [0.15, 0.2) is 42.9 Å². The number of amides is 4. The van der Waals surface area contributed by atoms with E-state index < -0.39 is 60.2 Å². The molecule has 0 radical (unpaired) electrons. The molecule has 4 atom stereocenters. The molecule has 0 saturated carbocycles. The van der Waals surface area contributed by atoms with Crippen molar-refractivity contribution in [2.24, 2.45) is 11.5 Å². The number of primary amides is 1. The van der Waals surface area contributed by atoms with Crippen molar-refractivity contribution in [3.05, 3.63) is 54.1 Å². The zero-order chi connectivity index (χ0) is 26.0. The van der Waals surface area contributed by atoms with Crippen LogP contribution in [-0.4, -0.2) is 68.8 Å². The Balaban J connectivity index is 2.26. The Bertz CT molecular complexity index is 1030. The molecule has 13 nitrogen and oxygen atoms in total. The molecule has 1 heterocycles. The molecule has 13 heteroatoms. The molecule has 0 fully saturated rings. The van der Waals surface area contributed by atoms with Crippen LogP contribution in [0.2, 0.25) is 0 Å². The Kier molecular flexibility index (Phi) is 9.90. The number of carbonyl (C=O) groups excluding carboxylic acids is 4. The van der Waals surface area contributed by atoms with E-state index in [4.69, 9.17) is 11.5 Å². The fraction of sp³-hybridized carbons (Fsp3) is 0.364. The lowest BCUT2D eigenvalue weighted by Crippen LogP contribution is -2.58. The summed E-state index contributed by atoms with van der Waals surface area (Å²) in [6, 6.07) is 3.90. The number of H-pyrrole nitrogens is 1. The first-order valence-electron chi connectivity index (χ1n) is 10.8. The maximum absolute atomic E-state index is 13.2. The third-order valence-corrected chi connectivity index (χ3v) is 4.96. The Labute approximate surface area is 201 Å². The van der Waals surface area contributed by atoms with Gasteiger partial charge in [-0.3, -0.25) is 19.2 Å². The topological polar surface area (TPSA) is 222 Å². The summed E-state index contributed by atoms with van der Waals surface area (Å²) < 4.78 is 0. The van der Waals surface area contributed by atoms with E-state index in [9.17, 15) is 29.1 Å². The number of rotatable bonds is 13. The third-order valence-electron chi connectivity index (χ3n) is 4.96. The van der Waals surface area contributed by atoms with Gasteiger partial charge in [-0.2, -0.15) is 0 Å². The fourth-order valence-corrected chi connectivity index (χ4v) is 3.13. The minimum Gasteiger partial charge on any atom is -0.480 e. The van der Waals surface area contributed by atoms with Gasteiger partial charge in [0.2, 0.25) is 23.6 Å². The van der Waals surface area contributed by atoms with E-state index in [0.717, 1.165) is 0 Å². The molecule has 0 aliphatic carbocycles. The molecule has 0 spiro atoms. The molecule has 2 rings (SSSR count). The van der Waals surface area contributed by atoms with Crippen LogP contribution in [0.5, 0.6) is 0 Å². The van der Waals surface area contributed by atoms with E-state index in [-0.39, 0.29) is 12.8 Å². The largest absolute Gasteiger partial charge is 0.480 e. The standard InChI is InChI=1S/C22H29N7O6/c1-12(23)19(31)27-16(8-14-10-25-11-26-14)21(33)28-15(7-13-5-3-2-4-6-13)20(32)29-17(22(34)35)9-18(24)30/h2-6,10-12,15-17H,7-9,23H2,1H3,(H2,24,30)(H,25,26)(H,27,31)(H,28,33)(H,29,32)(H,34,35). The van der Waals surface area contributed by atoms with Crippen LogP contribution in [0.4, 0.5) is 0 Å². The van der Waals surface area contributed by atoms with E-state index in [2.05, 4.69) is 25.9 Å². The third kappa shape index (κ3) is 8.89. The molecule has 2 aromatic rings. The smallest absolute Gasteiger partial charge is 0.326 e. The van der Waals surface area contributed by atoms with Crippen molar-refractivity contribution < 1.29 is 29.1 Å². The molecule has 4 unspecified atom stereocenters. The van der Waals surface area contributed by atoms with Gasteiger partial charge in [-0.25, -0.2) is 9.78 Å². The second kappa shape index (κ2) is 12.8. The Hall–Kier alpha value is -4.26. The highest BCUT2D eigenvalue weighted by molar-refractivity contribution is 5.95. The summed E-state index contributed by atoms with van der Waals surface area (Å²) in [6.07, 6.45) is 2.31. The van der Waals surface area contributed by atoms with Crippen LogP contribution in [-0.2, 0) is 36.8 Å². The van der Waals surface area contributed by atoms with Crippen molar-refractivity contribution >= 4 is 29.6 Å². The maximum atomic E-state index is 13.2. The SMILES string of the molecule is CC(N)C(=O)NC(Cc1cnc[nH]1)C(=O)NC(Cc1ccccc1)C(=O)NC(CC(N)=O)C(=O)O. The van der Waals surface area contributed by atoms with Crippen molar-refractivity contribution in [2.45, 2.75) is 50.4 Å². The van der Waals surface area contributed by atoms with Gasteiger partial charge in [0.1, 0.15) is 18.1 Å². The maximum Gasteiger partial charge on any atom is 0.326 e. The van der Waals surface area contributed by atoms with Gasteiger partial charge in [-0.15, -0.1) is 0 Å². The van der Waals surface area contributed by atoms with Gasteiger partial charge in [0.25, 0.3) is 0 Å². The molecule has 0 aliphatic rings. The number of nitrogens with one attached hydrogen (secondary N) is 4. The molecular weight excluding hydrogens is 458 g/mol. The number of hydrogen-bond acceptors (Lipinski definition) is 7. The molecule has 0 saturated heterocycles. The number of imidazole rings is 1. The van der Waals surface area contributed by atoms with Crippen LogP contribution < -0.4 is 27.4 Å². The van der Waals surface area contributed by atoms with Crippen molar-refractivity contribution in [2.75, 3.05) is 0 Å². The Morgan fingerprint density at radius 3 is 2.03 bits per heavy atom. The van der Waals surface area contributed by atoms with Gasteiger partial charge in [-0.05, 0) is 12.5 Å². The number of carbonyl (C=O) groups is 5. The summed E-state index contributed by atoms with van der Waals surface area (Å²) in [5.74, 6) is -4.50. The highest BCUT2D eigenvalue weighted by Crippen LogP contribution is 2.07. The number of aromatic nitrogens is 2. The van der Waals surface area contributed by atoms with E-state index >= 15 is 0 Å². The van der Waals surface area contributed by atoms with Crippen molar-refractivity contribution in [1.82, 2.24) is 25.9 Å². The quantitative estimate of drug-likeness (QED) is 0.166. The molecule has 0 bridgehead atoms. The molecule has 9 N–H and O–H groups in total. The number of aliphatic carboxylic acids is 1. The van der Waals surface area contributed by atoms with Gasteiger partial charge in [0, 0.05) is 24.7 Å². The lowest BCUT2D eigenvalue weighted by atomic mass is 10.0. The van der Waals surface area contributed by atoms with Crippen LogP contribution in [0.1, 0.15) is 24.6 Å². The number of nitrogens with two attached hydrogens (primary N) is 2. The van der Waals surface area contributed by atoms with Gasteiger partial charge in [0.05, 0.1) is 18.8 Å². The summed E-state index contributed by atoms with van der Waals surface area (Å²) in [5.41, 5.74) is 11.9. The van der Waals surface area contributed by atoms with Gasteiger partial charge < -0.3 is 37.5 Å². The van der Waals surface area contributed by atoms with Crippen molar-refractivity contribution in [3.63, 3.8) is 0 Å². The predicted molar refractivity (Wildman–Crippen MR) is 123 cm³/mol. The number of benzene rings is 1. The molecule has 1 aromatic carbocycles.